The van der Waals surface area contributed by atoms with E-state index >= 15 is 0 Å². The Hall–Kier alpha value is -1.42. The second kappa shape index (κ2) is 4.04. The van der Waals surface area contributed by atoms with E-state index in [0.717, 1.165) is 23.3 Å². The Bertz CT molecular complexity index is 626. The number of rotatable bonds is 4. The van der Waals surface area contributed by atoms with E-state index in [2.05, 4.69) is 9.55 Å². The molecule has 4 rings (SSSR count). The molecule has 2 aliphatic carbocycles. The van der Waals surface area contributed by atoms with Gasteiger partial charge in [0.15, 0.2) is 0 Å². The molecule has 0 aliphatic heterocycles. The summed E-state index contributed by atoms with van der Waals surface area (Å²) in [6.07, 6.45) is 5.66. The number of fused-ring (bicyclic) bond motifs is 1. The molecule has 1 unspecified atom stereocenters. The maximum absolute atomic E-state index is 13.4. The number of hydrogen-bond acceptors (Lipinski definition) is 2. The molecule has 2 saturated carbocycles. The van der Waals surface area contributed by atoms with Gasteiger partial charge >= 0.3 is 0 Å². The van der Waals surface area contributed by atoms with Crippen molar-refractivity contribution < 1.29 is 4.39 Å². The average Bonchev–Trinajstić information content (AvgIpc) is 3.25. The summed E-state index contributed by atoms with van der Waals surface area (Å²) in [5.74, 6) is 1.53. The minimum Gasteiger partial charge on any atom is -0.327 e. The normalized spacial score (nSPS) is 20.9. The zero-order valence-electron chi connectivity index (χ0n) is 10.8. The minimum absolute atomic E-state index is 0.188. The number of imidazole rings is 1. The molecule has 1 atom stereocenters. The van der Waals surface area contributed by atoms with Gasteiger partial charge in [0.1, 0.15) is 11.6 Å². The van der Waals surface area contributed by atoms with Crippen molar-refractivity contribution in [3.05, 3.63) is 29.8 Å². The molecule has 0 spiro atoms. The van der Waals surface area contributed by atoms with Crippen molar-refractivity contribution in [2.24, 2.45) is 11.7 Å². The van der Waals surface area contributed by atoms with Crippen LogP contribution in [0.3, 0.4) is 0 Å². The van der Waals surface area contributed by atoms with Crippen LogP contribution < -0.4 is 5.73 Å². The number of halogens is 1. The molecule has 2 N–H and O–H groups in total. The molecular weight excluding hydrogens is 241 g/mol. The van der Waals surface area contributed by atoms with Crippen LogP contribution in [0.1, 0.15) is 37.5 Å². The molecule has 0 bridgehead atoms. The molecule has 100 valence electrons. The number of aromatic nitrogens is 2. The van der Waals surface area contributed by atoms with Gasteiger partial charge in [-0.05, 0) is 49.8 Å². The molecular formula is C15H18FN3. The smallest absolute Gasteiger partial charge is 0.125 e. The number of nitrogens with zero attached hydrogens (tertiary/aromatic N) is 2. The second-order valence-corrected chi connectivity index (χ2v) is 5.97. The third-order valence-corrected chi connectivity index (χ3v) is 4.28. The van der Waals surface area contributed by atoms with E-state index in [1.165, 1.54) is 31.7 Å². The molecule has 4 heteroatoms. The molecule has 0 radical (unpaired) electrons. The number of benzene rings is 1. The molecule has 1 heterocycles. The number of hydrogen-bond donors (Lipinski definition) is 1. The van der Waals surface area contributed by atoms with Crippen molar-refractivity contribution >= 4 is 11.0 Å². The molecule has 0 amide bonds. The number of nitrogens with two attached hydrogens (primary N) is 1. The minimum atomic E-state index is -0.188. The molecule has 1 aromatic heterocycles. The van der Waals surface area contributed by atoms with Gasteiger partial charge in [-0.1, -0.05) is 0 Å². The summed E-state index contributed by atoms with van der Waals surface area (Å²) in [4.78, 5) is 4.68. The van der Waals surface area contributed by atoms with Crippen LogP contribution in [0, 0.1) is 11.7 Å². The van der Waals surface area contributed by atoms with Gasteiger partial charge in [0.05, 0.1) is 11.0 Å². The Morgan fingerprint density at radius 3 is 2.79 bits per heavy atom. The first-order valence-electron chi connectivity index (χ1n) is 7.14. The molecule has 2 aromatic rings. The Morgan fingerprint density at radius 2 is 2.11 bits per heavy atom. The Morgan fingerprint density at radius 1 is 1.32 bits per heavy atom. The molecule has 1 aromatic carbocycles. The van der Waals surface area contributed by atoms with Crippen LogP contribution in [-0.4, -0.2) is 15.6 Å². The summed E-state index contributed by atoms with van der Waals surface area (Å²) >= 11 is 0. The lowest BCUT2D eigenvalue weighted by Crippen LogP contribution is -2.26. The summed E-state index contributed by atoms with van der Waals surface area (Å²) in [6, 6.07) is 5.58. The quantitative estimate of drug-likeness (QED) is 0.917. The molecule has 2 fully saturated rings. The van der Waals surface area contributed by atoms with Gasteiger partial charge < -0.3 is 10.3 Å². The SMILES string of the molecule is NC(Cc1nc2ccc(F)cc2n1C1CC1)C1CC1. The van der Waals surface area contributed by atoms with Gasteiger partial charge in [-0.25, -0.2) is 9.37 Å². The fourth-order valence-electron chi connectivity index (χ4n) is 2.90. The van der Waals surface area contributed by atoms with Crippen LogP contribution in [-0.2, 0) is 6.42 Å². The first kappa shape index (κ1) is 11.4. The van der Waals surface area contributed by atoms with Crippen molar-refractivity contribution in [3.8, 4) is 0 Å². The Labute approximate surface area is 111 Å². The highest BCUT2D eigenvalue weighted by Crippen LogP contribution is 2.40. The second-order valence-electron chi connectivity index (χ2n) is 5.97. The summed E-state index contributed by atoms with van der Waals surface area (Å²) in [5.41, 5.74) is 8.05. The van der Waals surface area contributed by atoms with Crippen molar-refractivity contribution in [1.29, 1.82) is 0 Å². The lowest BCUT2D eigenvalue weighted by Gasteiger charge is -2.12. The van der Waals surface area contributed by atoms with Crippen LogP contribution in [0.25, 0.3) is 11.0 Å². The lowest BCUT2D eigenvalue weighted by molar-refractivity contribution is 0.554. The van der Waals surface area contributed by atoms with E-state index < -0.39 is 0 Å². The van der Waals surface area contributed by atoms with Gasteiger partial charge in [0, 0.05) is 18.5 Å². The maximum atomic E-state index is 13.4. The topological polar surface area (TPSA) is 43.8 Å². The predicted molar refractivity (Wildman–Crippen MR) is 72.4 cm³/mol. The standard InChI is InChI=1S/C15H18FN3/c16-10-3-6-13-14(7-10)19(11-4-5-11)15(18-13)8-12(17)9-1-2-9/h3,6-7,9,11-12H,1-2,4-5,8,17H2. The van der Waals surface area contributed by atoms with E-state index in [0.29, 0.717) is 12.0 Å². The first-order valence-corrected chi connectivity index (χ1v) is 7.14. The highest BCUT2D eigenvalue weighted by Gasteiger charge is 2.32. The summed E-state index contributed by atoms with van der Waals surface area (Å²) in [5, 5.41) is 0. The summed E-state index contributed by atoms with van der Waals surface area (Å²) in [7, 11) is 0. The fourth-order valence-corrected chi connectivity index (χ4v) is 2.90. The zero-order chi connectivity index (χ0) is 13.0. The van der Waals surface area contributed by atoms with Crippen LogP contribution in [0.15, 0.2) is 18.2 Å². The monoisotopic (exact) mass is 259 g/mol. The molecule has 3 nitrogen and oxygen atoms in total. The van der Waals surface area contributed by atoms with E-state index in [1.807, 2.05) is 0 Å². The van der Waals surface area contributed by atoms with Gasteiger partial charge in [-0.2, -0.15) is 0 Å². The van der Waals surface area contributed by atoms with Crippen molar-refractivity contribution in [1.82, 2.24) is 9.55 Å². The Balaban J connectivity index is 1.77. The van der Waals surface area contributed by atoms with Crippen molar-refractivity contribution in [2.75, 3.05) is 0 Å². The van der Waals surface area contributed by atoms with Crippen LogP contribution in [0.2, 0.25) is 0 Å². The highest BCUT2D eigenvalue weighted by atomic mass is 19.1. The molecule has 0 saturated heterocycles. The molecule has 19 heavy (non-hydrogen) atoms. The zero-order valence-corrected chi connectivity index (χ0v) is 10.8. The lowest BCUT2D eigenvalue weighted by atomic mass is 10.1. The van der Waals surface area contributed by atoms with Crippen LogP contribution >= 0.6 is 0 Å². The van der Waals surface area contributed by atoms with E-state index in [-0.39, 0.29) is 11.9 Å². The highest BCUT2D eigenvalue weighted by molar-refractivity contribution is 5.76. The van der Waals surface area contributed by atoms with Crippen LogP contribution in [0.5, 0.6) is 0 Å². The van der Waals surface area contributed by atoms with Gasteiger partial charge in [0.25, 0.3) is 0 Å². The van der Waals surface area contributed by atoms with Crippen molar-refractivity contribution in [3.63, 3.8) is 0 Å². The molecule has 2 aliphatic rings. The average molecular weight is 259 g/mol. The van der Waals surface area contributed by atoms with Gasteiger partial charge in [0.2, 0.25) is 0 Å². The third kappa shape index (κ3) is 2.04. The van der Waals surface area contributed by atoms with Crippen LogP contribution in [0.4, 0.5) is 4.39 Å². The maximum Gasteiger partial charge on any atom is 0.125 e. The van der Waals surface area contributed by atoms with E-state index in [9.17, 15) is 4.39 Å². The first-order chi connectivity index (χ1) is 9.22. The van der Waals surface area contributed by atoms with Gasteiger partial charge in [-0.15, -0.1) is 0 Å². The van der Waals surface area contributed by atoms with E-state index in [1.54, 1.807) is 12.1 Å². The van der Waals surface area contributed by atoms with Gasteiger partial charge in [-0.3, -0.25) is 0 Å². The fraction of sp³-hybridized carbons (Fsp3) is 0.533. The predicted octanol–water partition coefficient (Wildman–Crippen LogP) is 2.79. The van der Waals surface area contributed by atoms with E-state index in [4.69, 9.17) is 5.73 Å². The van der Waals surface area contributed by atoms with Crippen molar-refractivity contribution in [2.45, 2.75) is 44.2 Å². The summed E-state index contributed by atoms with van der Waals surface area (Å²) < 4.78 is 15.7. The summed E-state index contributed by atoms with van der Waals surface area (Å²) in [6.45, 7) is 0. The Kier molecular flexibility index (Phi) is 2.42. The largest absolute Gasteiger partial charge is 0.327 e. The third-order valence-electron chi connectivity index (χ3n) is 4.28.